The zero-order valence-corrected chi connectivity index (χ0v) is 12.5. The van der Waals surface area contributed by atoms with Gasteiger partial charge in [0.15, 0.2) is 6.07 Å². The minimum Gasteiger partial charge on any atom is -0.449 e. The lowest BCUT2D eigenvalue weighted by Gasteiger charge is -2.31. The summed E-state index contributed by atoms with van der Waals surface area (Å²) in [6.45, 7) is 5.39. The van der Waals surface area contributed by atoms with Crippen LogP contribution in [-0.4, -0.2) is 29.8 Å². The summed E-state index contributed by atoms with van der Waals surface area (Å²) < 4.78 is 10.0. The van der Waals surface area contributed by atoms with Crippen LogP contribution in [0.2, 0.25) is 0 Å². The maximum Gasteiger partial charge on any atom is 0.407 e. The number of rotatable bonds is 3. The highest BCUT2D eigenvalue weighted by Gasteiger charge is 2.34. The number of ether oxygens (including phenoxy) is 2. The summed E-state index contributed by atoms with van der Waals surface area (Å²) >= 11 is 5.40. The summed E-state index contributed by atoms with van der Waals surface area (Å²) in [7, 11) is 0. The van der Waals surface area contributed by atoms with Gasteiger partial charge in [-0.25, -0.2) is 4.79 Å². The monoisotopic (exact) mass is 291 g/mol. The maximum atomic E-state index is 11.8. The number of hydrogen-bond donors (Lipinski definition) is 1. The molecule has 0 unspecified atom stereocenters. The van der Waals surface area contributed by atoms with Crippen LogP contribution in [0.25, 0.3) is 0 Å². The molecule has 6 heteroatoms. The Bertz CT molecular complexity index is 327. The average Bonchev–Trinajstić information content (AvgIpc) is 2.27. The molecule has 0 radical (unpaired) electrons. The average molecular weight is 292 g/mol. The van der Waals surface area contributed by atoms with Crippen LogP contribution >= 0.6 is 11.6 Å². The third-order valence-electron chi connectivity index (χ3n) is 2.97. The normalized spacial score (nSPS) is 23.6. The molecule has 19 heavy (non-hydrogen) atoms. The molecular formula is C13H22ClNO4. The van der Waals surface area contributed by atoms with Gasteiger partial charge in [-0.3, -0.25) is 4.79 Å². The van der Waals surface area contributed by atoms with Gasteiger partial charge in [0.25, 0.3) is 0 Å². The molecule has 0 saturated heterocycles. The van der Waals surface area contributed by atoms with Gasteiger partial charge >= 0.3 is 12.1 Å². The largest absolute Gasteiger partial charge is 0.449 e. The van der Waals surface area contributed by atoms with Crippen LogP contribution in [0.4, 0.5) is 4.79 Å². The number of amides is 1. The summed E-state index contributed by atoms with van der Waals surface area (Å²) in [5.41, 5.74) is -0.551. The third-order valence-corrected chi connectivity index (χ3v) is 3.08. The molecule has 0 aliphatic heterocycles. The van der Waals surface area contributed by atoms with Crippen LogP contribution in [-0.2, 0) is 14.3 Å². The van der Waals surface area contributed by atoms with Crippen LogP contribution in [0.5, 0.6) is 0 Å². The summed E-state index contributed by atoms with van der Waals surface area (Å²) in [6.07, 6.45) is 2.89. The third kappa shape index (κ3) is 5.68. The highest BCUT2D eigenvalue weighted by atomic mass is 35.5. The first-order chi connectivity index (χ1) is 8.83. The first-order valence-electron chi connectivity index (χ1n) is 6.55. The lowest BCUT2D eigenvalue weighted by molar-refractivity contribution is -0.148. The van der Waals surface area contributed by atoms with Gasteiger partial charge in [-0.1, -0.05) is 24.4 Å². The molecule has 1 saturated carbocycles. The van der Waals surface area contributed by atoms with Crippen molar-refractivity contribution < 1.29 is 19.1 Å². The fourth-order valence-electron chi connectivity index (χ4n) is 2.21. The molecule has 0 aromatic rings. The number of halogens is 1. The molecule has 110 valence electrons. The van der Waals surface area contributed by atoms with Gasteiger partial charge in [0.1, 0.15) is 5.60 Å². The van der Waals surface area contributed by atoms with Crippen LogP contribution in [0, 0.1) is 5.92 Å². The van der Waals surface area contributed by atoms with E-state index in [0.29, 0.717) is 6.42 Å². The van der Waals surface area contributed by atoms with Gasteiger partial charge in [-0.15, -0.1) is 0 Å². The standard InChI is InChI=1S/C13H22ClNO4/c1-13(2,3)19-12(17)15-10-7-5-4-6-9(10)11(16)18-8-14/h9-10H,4-8H2,1-3H3,(H,15,17)/t9-,10-/m1/s1. The summed E-state index contributed by atoms with van der Waals surface area (Å²) in [5.74, 6) is -0.684. The number of esters is 1. The van der Waals surface area contributed by atoms with Crippen molar-refractivity contribution in [3.8, 4) is 0 Å². The zero-order chi connectivity index (χ0) is 14.5. The maximum absolute atomic E-state index is 11.8. The predicted molar refractivity (Wildman–Crippen MR) is 71.9 cm³/mol. The Morgan fingerprint density at radius 1 is 1.26 bits per heavy atom. The number of hydrogen-bond acceptors (Lipinski definition) is 4. The van der Waals surface area contributed by atoms with E-state index in [-0.39, 0.29) is 24.0 Å². The second-order valence-electron chi connectivity index (χ2n) is 5.72. The van der Waals surface area contributed by atoms with Crippen LogP contribution in [0.1, 0.15) is 46.5 Å². The Morgan fingerprint density at radius 2 is 1.89 bits per heavy atom. The van der Waals surface area contributed by atoms with Crippen molar-refractivity contribution >= 4 is 23.7 Å². The van der Waals surface area contributed by atoms with Gasteiger partial charge < -0.3 is 14.8 Å². The number of alkyl carbamates (subject to hydrolysis) is 1. The molecule has 2 atom stereocenters. The van der Waals surface area contributed by atoms with Crippen molar-refractivity contribution in [1.29, 1.82) is 0 Å². The molecule has 1 N–H and O–H groups in total. The second-order valence-corrected chi connectivity index (χ2v) is 5.93. The molecule has 0 aromatic carbocycles. The zero-order valence-electron chi connectivity index (χ0n) is 11.7. The highest BCUT2D eigenvalue weighted by Crippen LogP contribution is 2.26. The second kappa shape index (κ2) is 6.98. The van der Waals surface area contributed by atoms with Gasteiger partial charge in [0.05, 0.1) is 5.92 Å². The first kappa shape index (κ1) is 16.1. The molecule has 0 aromatic heterocycles. The number of alkyl halides is 1. The molecule has 1 rings (SSSR count). The van der Waals surface area contributed by atoms with Crippen LogP contribution in [0.15, 0.2) is 0 Å². The minimum atomic E-state index is -0.551. The number of carbonyl (C=O) groups excluding carboxylic acids is 2. The molecule has 0 spiro atoms. The van der Waals surface area contributed by atoms with E-state index in [1.54, 1.807) is 20.8 Å². The number of nitrogens with one attached hydrogen (secondary N) is 1. The van der Waals surface area contributed by atoms with Crippen molar-refractivity contribution in [2.45, 2.75) is 58.1 Å². The van der Waals surface area contributed by atoms with E-state index in [0.717, 1.165) is 19.3 Å². The van der Waals surface area contributed by atoms with Crippen molar-refractivity contribution in [3.63, 3.8) is 0 Å². The van der Waals surface area contributed by atoms with E-state index >= 15 is 0 Å². The highest BCUT2D eigenvalue weighted by molar-refractivity contribution is 6.17. The van der Waals surface area contributed by atoms with E-state index in [4.69, 9.17) is 21.1 Å². The Kier molecular flexibility index (Phi) is 5.91. The summed E-state index contributed by atoms with van der Waals surface area (Å²) in [5, 5.41) is 2.76. The molecule has 1 amide bonds. The van der Waals surface area contributed by atoms with Crippen molar-refractivity contribution in [1.82, 2.24) is 5.32 Å². The summed E-state index contributed by atoms with van der Waals surface area (Å²) in [4.78, 5) is 23.5. The Morgan fingerprint density at radius 3 is 2.47 bits per heavy atom. The number of carbonyl (C=O) groups is 2. The molecule has 1 fully saturated rings. The Labute approximate surface area is 119 Å². The van der Waals surface area contributed by atoms with Crippen LogP contribution in [0.3, 0.4) is 0 Å². The first-order valence-corrected chi connectivity index (χ1v) is 7.09. The summed E-state index contributed by atoms with van der Waals surface area (Å²) in [6, 6.07) is -0.395. The van der Waals surface area contributed by atoms with Crippen LogP contribution < -0.4 is 5.32 Å². The predicted octanol–water partition coefficient (Wildman–Crippen LogP) is 2.81. The fraction of sp³-hybridized carbons (Fsp3) is 0.846. The van der Waals surface area contributed by atoms with E-state index < -0.39 is 11.7 Å². The molecule has 1 aliphatic rings. The molecule has 5 nitrogen and oxygen atoms in total. The van der Waals surface area contributed by atoms with Crippen molar-refractivity contribution in [3.05, 3.63) is 0 Å². The van der Waals surface area contributed by atoms with E-state index in [1.807, 2.05) is 0 Å². The molecule has 1 aliphatic carbocycles. The molecule has 0 bridgehead atoms. The van der Waals surface area contributed by atoms with Gasteiger partial charge in [0, 0.05) is 6.04 Å². The van der Waals surface area contributed by atoms with Gasteiger partial charge in [0.2, 0.25) is 0 Å². The SMILES string of the molecule is CC(C)(C)OC(=O)N[C@@H]1CCCC[C@H]1C(=O)OCCl. The van der Waals surface area contributed by atoms with E-state index in [1.165, 1.54) is 0 Å². The van der Waals surface area contributed by atoms with Gasteiger partial charge in [-0.2, -0.15) is 0 Å². The van der Waals surface area contributed by atoms with Gasteiger partial charge in [-0.05, 0) is 33.6 Å². The van der Waals surface area contributed by atoms with Crippen molar-refractivity contribution in [2.24, 2.45) is 5.92 Å². The fourth-order valence-corrected chi connectivity index (χ4v) is 2.31. The van der Waals surface area contributed by atoms with E-state index in [9.17, 15) is 9.59 Å². The minimum absolute atomic E-state index is 0.158. The smallest absolute Gasteiger partial charge is 0.407 e. The Hall–Kier alpha value is -0.970. The Balaban J connectivity index is 2.57. The lowest BCUT2D eigenvalue weighted by Crippen LogP contribution is -2.47. The topological polar surface area (TPSA) is 64.6 Å². The quantitative estimate of drug-likeness (QED) is 0.641. The van der Waals surface area contributed by atoms with E-state index in [2.05, 4.69) is 5.32 Å². The van der Waals surface area contributed by atoms with Crippen molar-refractivity contribution in [2.75, 3.05) is 6.07 Å². The molecular weight excluding hydrogens is 270 g/mol. The molecule has 0 heterocycles. The lowest BCUT2D eigenvalue weighted by atomic mass is 9.84.